The zero-order chi connectivity index (χ0) is 21.6. The summed E-state index contributed by atoms with van der Waals surface area (Å²) in [6.45, 7) is 3.81. The van der Waals surface area contributed by atoms with Crippen LogP contribution >= 0.6 is 11.3 Å². The molecule has 0 unspecified atom stereocenters. The molecule has 9 heteroatoms. The van der Waals surface area contributed by atoms with Crippen LogP contribution in [0.15, 0.2) is 35.7 Å². The fourth-order valence-electron chi connectivity index (χ4n) is 2.72. The van der Waals surface area contributed by atoms with Crippen LogP contribution in [0.5, 0.6) is 0 Å². The molecule has 2 heterocycles. The third-order valence-electron chi connectivity index (χ3n) is 4.44. The number of nitrogens with zero attached hydrogens (tertiary/aromatic N) is 2. The van der Waals surface area contributed by atoms with Gasteiger partial charge in [0.2, 0.25) is 0 Å². The summed E-state index contributed by atoms with van der Waals surface area (Å²) < 4.78 is 35.0. The van der Waals surface area contributed by atoms with Crippen molar-refractivity contribution in [2.45, 2.75) is 26.1 Å². The molecule has 3 rings (SSSR count). The van der Waals surface area contributed by atoms with Crippen molar-refractivity contribution in [3.05, 3.63) is 58.2 Å². The predicted molar refractivity (Wildman–Crippen MR) is 106 cm³/mol. The second-order valence-electron chi connectivity index (χ2n) is 6.30. The number of carbonyl (C=O) groups is 1. The van der Waals surface area contributed by atoms with Crippen molar-refractivity contribution < 1.29 is 23.1 Å². The number of fused-ring (bicyclic) bond motifs is 1. The summed E-state index contributed by atoms with van der Waals surface area (Å²) in [4.78, 5) is 8.90. The number of thiophene rings is 1. The molecule has 154 valence electrons. The van der Waals surface area contributed by atoms with Gasteiger partial charge in [-0.15, -0.1) is 11.3 Å². The molecule has 2 aromatic heterocycles. The molecule has 2 N–H and O–H groups in total. The van der Waals surface area contributed by atoms with Gasteiger partial charge in [0.05, 0.1) is 0 Å². The quantitative estimate of drug-likeness (QED) is 0.597. The molecule has 0 fully saturated rings. The van der Waals surface area contributed by atoms with Crippen LogP contribution < -0.4 is 5.32 Å². The Morgan fingerprint density at radius 2 is 1.97 bits per heavy atom. The molecule has 0 aliphatic carbocycles. The smallest absolute Gasteiger partial charge is 0.475 e. The number of rotatable bonds is 5. The molecular formula is C20H20F3N3O2S. The standard InChI is InChI=1S/C18H19N3S.C2HF3O2/c1-13-15(9-16(10-19)21(13)2)11-20-8-7-14-12-22-18-6-4-3-5-17(14)18;3-2(4,5)1(6)7/h3-6,9,12,20H,7-8,11H2,1-2H3;(H,6,7). The van der Waals surface area contributed by atoms with Crippen LogP contribution in [0.3, 0.4) is 0 Å². The molecule has 0 atom stereocenters. The van der Waals surface area contributed by atoms with Crippen molar-refractivity contribution in [2.24, 2.45) is 7.05 Å². The van der Waals surface area contributed by atoms with Gasteiger partial charge < -0.3 is 15.0 Å². The highest BCUT2D eigenvalue weighted by Gasteiger charge is 2.38. The van der Waals surface area contributed by atoms with Crippen LogP contribution in [-0.2, 0) is 24.8 Å². The minimum Gasteiger partial charge on any atom is -0.475 e. The highest BCUT2D eigenvalue weighted by atomic mass is 32.1. The van der Waals surface area contributed by atoms with E-state index in [1.54, 1.807) is 0 Å². The SMILES string of the molecule is Cc1c(CNCCc2csc3ccccc23)cc(C#N)n1C.O=C(O)C(F)(F)F. The molecule has 0 spiro atoms. The summed E-state index contributed by atoms with van der Waals surface area (Å²) in [5.74, 6) is -2.76. The van der Waals surface area contributed by atoms with Gasteiger partial charge in [-0.1, -0.05) is 18.2 Å². The summed E-state index contributed by atoms with van der Waals surface area (Å²) in [6, 6.07) is 12.8. The van der Waals surface area contributed by atoms with Crippen molar-refractivity contribution in [1.29, 1.82) is 5.26 Å². The number of nitriles is 1. The third kappa shape index (κ3) is 5.82. The Balaban J connectivity index is 0.000000370. The van der Waals surface area contributed by atoms with E-state index in [9.17, 15) is 13.2 Å². The van der Waals surface area contributed by atoms with Gasteiger partial charge in [0.1, 0.15) is 11.8 Å². The van der Waals surface area contributed by atoms with Crippen LogP contribution in [0.2, 0.25) is 0 Å². The fraction of sp³-hybridized carbons (Fsp3) is 0.300. The predicted octanol–water partition coefficient (Wildman–Crippen LogP) is 4.39. The molecule has 0 radical (unpaired) electrons. The van der Waals surface area contributed by atoms with Crippen LogP contribution in [0.25, 0.3) is 10.1 Å². The Labute approximate surface area is 170 Å². The van der Waals surface area contributed by atoms with Crippen molar-refractivity contribution in [2.75, 3.05) is 6.54 Å². The Hall–Kier alpha value is -2.83. The Kier molecular flexibility index (Phi) is 7.42. The monoisotopic (exact) mass is 423 g/mol. The Bertz CT molecular complexity index is 1030. The number of aromatic nitrogens is 1. The summed E-state index contributed by atoms with van der Waals surface area (Å²) in [5, 5.41) is 23.3. The third-order valence-corrected chi connectivity index (χ3v) is 5.46. The Morgan fingerprint density at radius 3 is 2.55 bits per heavy atom. The number of halogens is 3. The highest BCUT2D eigenvalue weighted by molar-refractivity contribution is 7.17. The first-order valence-electron chi connectivity index (χ1n) is 8.66. The molecule has 0 bridgehead atoms. The van der Waals surface area contributed by atoms with E-state index in [0.717, 1.165) is 30.9 Å². The van der Waals surface area contributed by atoms with Gasteiger partial charge in [-0.05, 0) is 53.9 Å². The first-order chi connectivity index (χ1) is 13.6. The second-order valence-corrected chi connectivity index (χ2v) is 7.21. The van der Waals surface area contributed by atoms with E-state index in [1.165, 1.54) is 21.2 Å². The van der Waals surface area contributed by atoms with Gasteiger partial charge in [0.15, 0.2) is 0 Å². The van der Waals surface area contributed by atoms with Crippen molar-refractivity contribution in [3.8, 4) is 6.07 Å². The van der Waals surface area contributed by atoms with Crippen molar-refractivity contribution in [3.63, 3.8) is 0 Å². The fourth-order valence-corrected chi connectivity index (χ4v) is 3.72. The Morgan fingerprint density at radius 1 is 1.31 bits per heavy atom. The summed E-state index contributed by atoms with van der Waals surface area (Å²) in [5.41, 5.74) is 4.49. The minimum absolute atomic E-state index is 0.720. The van der Waals surface area contributed by atoms with E-state index in [0.29, 0.717) is 0 Å². The lowest BCUT2D eigenvalue weighted by Gasteiger charge is -2.05. The average molecular weight is 423 g/mol. The van der Waals surface area contributed by atoms with Crippen LogP contribution in [0, 0.1) is 18.3 Å². The molecule has 0 amide bonds. The first kappa shape index (κ1) is 22.5. The summed E-state index contributed by atoms with van der Waals surface area (Å²) in [6.07, 6.45) is -4.05. The van der Waals surface area contributed by atoms with Gasteiger partial charge in [-0.25, -0.2) is 4.79 Å². The molecule has 5 nitrogen and oxygen atoms in total. The van der Waals surface area contributed by atoms with E-state index in [-0.39, 0.29) is 0 Å². The molecule has 0 aliphatic rings. The van der Waals surface area contributed by atoms with Crippen LogP contribution in [0.4, 0.5) is 13.2 Å². The second kappa shape index (κ2) is 9.58. The van der Waals surface area contributed by atoms with Gasteiger partial charge in [0.25, 0.3) is 0 Å². The largest absolute Gasteiger partial charge is 0.490 e. The topological polar surface area (TPSA) is 78.0 Å². The molecular weight excluding hydrogens is 403 g/mol. The lowest BCUT2D eigenvalue weighted by atomic mass is 10.1. The van der Waals surface area contributed by atoms with Gasteiger partial charge in [0, 0.05) is 24.0 Å². The van der Waals surface area contributed by atoms with Crippen LogP contribution in [0.1, 0.15) is 22.5 Å². The first-order valence-corrected chi connectivity index (χ1v) is 9.54. The maximum Gasteiger partial charge on any atom is 0.490 e. The number of carboxylic acid groups (broad SMARTS) is 1. The van der Waals surface area contributed by atoms with Gasteiger partial charge in [-0.3, -0.25) is 0 Å². The van der Waals surface area contributed by atoms with Crippen molar-refractivity contribution >= 4 is 27.4 Å². The van der Waals surface area contributed by atoms with E-state index >= 15 is 0 Å². The molecule has 1 aromatic carbocycles. The molecule has 0 saturated carbocycles. The summed E-state index contributed by atoms with van der Waals surface area (Å²) in [7, 11) is 1.94. The zero-order valence-electron chi connectivity index (χ0n) is 15.9. The van der Waals surface area contributed by atoms with Crippen molar-refractivity contribution in [1.82, 2.24) is 9.88 Å². The highest BCUT2D eigenvalue weighted by Crippen LogP contribution is 2.25. The van der Waals surface area contributed by atoms with E-state index in [1.807, 2.05) is 29.0 Å². The zero-order valence-corrected chi connectivity index (χ0v) is 16.7. The lowest BCUT2D eigenvalue weighted by Crippen LogP contribution is -2.21. The molecule has 0 aliphatic heterocycles. The van der Waals surface area contributed by atoms with E-state index in [2.05, 4.69) is 48.0 Å². The number of hydrogen-bond donors (Lipinski definition) is 2. The van der Waals surface area contributed by atoms with Gasteiger partial charge in [-0.2, -0.15) is 18.4 Å². The average Bonchev–Trinajstić information content (AvgIpc) is 3.20. The number of benzene rings is 1. The lowest BCUT2D eigenvalue weighted by molar-refractivity contribution is -0.192. The van der Waals surface area contributed by atoms with E-state index in [4.69, 9.17) is 15.2 Å². The van der Waals surface area contributed by atoms with Crippen LogP contribution in [-0.4, -0.2) is 28.4 Å². The van der Waals surface area contributed by atoms with E-state index < -0.39 is 12.1 Å². The molecule has 3 aromatic rings. The normalized spacial score (nSPS) is 11.0. The minimum atomic E-state index is -5.08. The number of carboxylic acids is 1. The maximum atomic E-state index is 10.6. The molecule has 29 heavy (non-hydrogen) atoms. The number of aliphatic carboxylic acids is 1. The summed E-state index contributed by atoms with van der Waals surface area (Å²) >= 11 is 1.81. The number of hydrogen-bond acceptors (Lipinski definition) is 4. The van der Waals surface area contributed by atoms with Gasteiger partial charge >= 0.3 is 12.1 Å². The number of alkyl halides is 3. The maximum absolute atomic E-state index is 10.6. The number of nitrogens with one attached hydrogen (secondary N) is 1. The molecule has 0 saturated heterocycles.